The summed E-state index contributed by atoms with van der Waals surface area (Å²) in [5.74, 6) is 4.68. The molecule has 0 aromatic carbocycles. The Balaban J connectivity index is 1.92. The highest BCUT2D eigenvalue weighted by molar-refractivity contribution is 4.92. The van der Waals surface area contributed by atoms with Crippen molar-refractivity contribution in [1.82, 2.24) is 0 Å². The van der Waals surface area contributed by atoms with Crippen LogP contribution in [0.25, 0.3) is 0 Å². The summed E-state index contributed by atoms with van der Waals surface area (Å²) in [5.41, 5.74) is 0. The molecule has 0 N–H and O–H groups in total. The van der Waals surface area contributed by atoms with Crippen LogP contribution in [-0.2, 0) is 0 Å². The lowest BCUT2D eigenvalue weighted by molar-refractivity contribution is 0.207. The minimum absolute atomic E-state index is 1.17. The van der Waals surface area contributed by atoms with E-state index in [1.165, 1.54) is 23.7 Å². The van der Waals surface area contributed by atoms with Crippen molar-refractivity contribution in [3.8, 4) is 0 Å². The third-order valence-electron chi connectivity index (χ3n) is 4.66. The second-order valence-electron chi connectivity index (χ2n) is 5.01. The Morgan fingerprint density at radius 1 is 0.455 bits per heavy atom. The molecule has 2 unspecified atom stereocenters. The maximum atomic E-state index is 1.62. The highest BCUT2D eigenvalue weighted by Gasteiger charge is 2.41. The fraction of sp³-hybridized carbons (Fsp3) is 1.00. The van der Waals surface area contributed by atoms with Crippen molar-refractivity contribution in [2.45, 2.75) is 44.9 Å². The molecule has 4 bridgehead atoms. The van der Waals surface area contributed by atoms with Crippen molar-refractivity contribution < 1.29 is 0 Å². The molecule has 0 spiro atoms. The van der Waals surface area contributed by atoms with Gasteiger partial charge in [0.15, 0.2) is 0 Å². The van der Waals surface area contributed by atoms with Crippen LogP contribution in [0.1, 0.15) is 44.9 Å². The SMILES string of the molecule is C1CC2CCC1C1CCC2C1. The van der Waals surface area contributed by atoms with E-state index in [-0.39, 0.29) is 0 Å². The Kier molecular flexibility index (Phi) is 1.33. The third-order valence-corrected chi connectivity index (χ3v) is 4.66. The van der Waals surface area contributed by atoms with Gasteiger partial charge in [-0.25, -0.2) is 0 Å². The molecule has 4 fully saturated rings. The lowest BCUT2D eigenvalue weighted by Crippen LogP contribution is -2.19. The molecule has 0 aliphatic heterocycles. The van der Waals surface area contributed by atoms with Crippen LogP contribution in [0.4, 0.5) is 0 Å². The van der Waals surface area contributed by atoms with Gasteiger partial charge in [-0.1, -0.05) is 0 Å². The molecular formula is C11H18. The van der Waals surface area contributed by atoms with E-state index in [1.807, 2.05) is 0 Å². The summed E-state index contributed by atoms with van der Waals surface area (Å²) >= 11 is 0. The van der Waals surface area contributed by atoms with Crippen LogP contribution in [0.15, 0.2) is 0 Å². The van der Waals surface area contributed by atoms with E-state index in [2.05, 4.69) is 0 Å². The van der Waals surface area contributed by atoms with Gasteiger partial charge in [0.2, 0.25) is 0 Å². The van der Waals surface area contributed by atoms with Crippen molar-refractivity contribution in [2.75, 3.05) is 0 Å². The highest BCUT2D eigenvalue weighted by Crippen LogP contribution is 2.52. The van der Waals surface area contributed by atoms with Gasteiger partial charge in [0.05, 0.1) is 0 Å². The summed E-state index contributed by atoms with van der Waals surface area (Å²) < 4.78 is 0. The van der Waals surface area contributed by atoms with Crippen LogP contribution >= 0.6 is 0 Å². The standard InChI is InChI=1S/C11H18/c1-2-9-4-3-8(1)10-5-6-11(9)7-10/h8-11H,1-7H2. The van der Waals surface area contributed by atoms with E-state index >= 15 is 0 Å². The second kappa shape index (κ2) is 2.24. The Labute approximate surface area is 69.4 Å². The van der Waals surface area contributed by atoms with Crippen LogP contribution in [0.2, 0.25) is 0 Å². The van der Waals surface area contributed by atoms with Crippen LogP contribution in [0, 0.1) is 23.7 Å². The van der Waals surface area contributed by atoms with E-state index in [0.29, 0.717) is 0 Å². The maximum absolute atomic E-state index is 1.62. The monoisotopic (exact) mass is 150 g/mol. The summed E-state index contributed by atoms with van der Waals surface area (Å²) in [4.78, 5) is 0. The highest BCUT2D eigenvalue weighted by atomic mass is 14.5. The quantitative estimate of drug-likeness (QED) is 0.497. The zero-order valence-electron chi connectivity index (χ0n) is 7.26. The summed E-state index contributed by atoms with van der Waals surface area (Å²) in [7, 11) is 0. The molecule has 0 radical (unpaired) electrons. The molecule has 0 nitrogen and oxygen atoms in total. The fourth-order valence-electron chi connectivity index (χ4n) is 4.00. The Bertz CT molecular complexity index is 135. The number of hydrogen-bond donors (Lipinski definition) is 0. The molecule has 0 aromatic rings. The van der Waals surface area contributed by atoms with Gasteiger partial charge in [0.1, 0.15) is 0 Å². The maximum Gasteiger partial charge on any atom is -0.0383 e. The predicted molar refractivity (Wildman–Crippen MR) is 46.3 cm³/mol. The summed E-state index contributed by atoms with van der Waals surface area (Å²) in [6.45, 7) is 0. The van der Waals surface area contributed by atoms with Crippen molar-refractivity contribution in [1.29, 1.82) is 0 Å². The van der Waals surface area contributed by atoms with Gasteiger partial charge in [-0.15, -0.1) is 0 Å². The Hall–Kier alpha value is 0. The molecule has 2 atom stereocenters. The molecule has 0 saturated heterocycles. The smallest absolute Gasteiger partial charge is 0.0383 e. The lowest BCUT2D eigenvalue weighted by Gasteiger charge is -2.31. The number of hydrogen-bond acceptors (Lipinski definition) is 0. The molecule has 4 rings (SSSR count). The zero-order chi connectivity index (χ0) is 7.26. The molecule has 0 heteroatoms. The zero-order valence-corrected chi connectivity index (χ0v) is 7.26. The minimum Gasteiger partial charge on any atom is -0.0499 e. The first-order chi connectivity index (χ1) is 5.43. The van der Waals surface area contributed by atoms with E-state index in [4.69, 9.17) is 0 Å². The average molecular weight is 150 g/mol. The van der Waals surface area contributed by atoms with Crippen LogP contribution < -0.4 is 0 Å². The molecule has 0 amide bonds. The topological polar surface area (TPSA) is 0 Å². The van der Waals surface area contributed by atoms with Gasteiger partial charge >= 0.3 is 0 Å². The molecule has 4 aliphatic rings. The summed E-state index contributed by atoms with van der Waals surface area (Å²) in [6.07, 6.45) is 11.2. The normalized spacial score (nSPS) is 54.5. The van der Waals surface area contributed by atoms with Gasteiger partial charge in [-0.3, -0.25) is 0 Å². The van der Waals surface area contributed by atoms with Gasteiger partial charge < -0.3 is 0 Å². The first-order valence-corrected chi connectivity index (χ1v) is 5.43. The van der Waals surface area contributed by atoms with Crippen LogP contribution in [-0.4, -0.2) is 0 Å². The summed E-state index contributed by atoms with van der Waals surface area (Å²) in [5, 5.41) is 0. The molecule has 62 valence electrons. The van der Waals surface area contributed by atoms with Crippen molar-refractivity contribution in [2.24, 2.45) is 23.7 Å². The molecule has 11 heavy (non-hydrogen) atoms. The lowest BCUT2D eigenvalue weighted by atomic mass is 9.75. The van der Waals surface area contributed by atoms with Crippen LogP contribution in [0.5, 0.6) is 0 Å². The fourth-order valence-corrected chi connectivity index (χ4v) is 4.00. The number of fused-ring (bicyclic) bond motifs is 2. The van der Waals surface area contributed by atoms with E-state index < -0.39 is 0 Å². The van der Waals surface area contributed by atoms with Crippen molar-refractivity contribution in [3.63, 3.8) is 0 Å². The third kappa shape index (κ3) is 0.878. The van der Waals surface area contributed by atoms with Gasteiger partial charge in [-0.05, 0) is 68.6 Å². The van der Waals surface area contributed by atoms with Crippen LogP contribution in [0.3, 0.4) is 0 Å². The molecule has 4 saturated carbocycles. The largest absolute Gasteiger partial charge is 0.0499 e. The second-order valence-corrected chi connectivity index (χ2v) is 5.01. The first-order valence-electron chi connectivity index (χ1n) is 5.43. The predicted octanol–water partition coefficient (Wildman–Crippen LogP) is 3.22. The first kappa shape index (κ1) is 6.51. The van der Waals surface area contributed by atoms with Gasteiger partial charge in [0, 0.05) is 0 Å². The molecular weight excluding hydrogens is 132 g/mol. The molecule has 0 heterocycles. The van der Waals surface area contributed by atoms with Gasteiger partial charge in [-0.2, -0.15) is 0 Å². The molecule has 4 aliphatic carbocycles. The van der Waals surface area contributed by atoms with E-state index in [0.717, 1.165) is 0 Å². The minimum atomic E-state index is 1.17. The Morgan fingerprint density at radius 3 is 1.27 bits per heavy atom. The van der Waals surface area contributed by atoms with Crippen molar-refractivity contribution >= 4 is 0 Å². The molecule has 0 aromatic heterocycles. The number of rotatable bonds is 0. The van der Waals surface area contributed by atoms with E-state index in [9.17, 15) is 0 Å². The van der Waals surface area contributed by atoms with E-state index in [1.54, 1.807) is 44.9 Å². The average Bonchev–Trinajstić information content (AvgIpc) is 2.38. The van der Waals surface area contributed by atoms with Crippen molar-refractivity contribution in [3.05, 3.63) is 0 Å². The summed E-state index contributed by atoms with van der Waals surface area (Å²) in [6, 6.07) is 0. The van der Waals surface area contributed by atoms with Gasteiger partial charge in [0.25, 0.3) is 0 Å². The Morgan fingerprint density at radius 2 is 0.818 bits per heavy atom.